The number of likely N-dealkylation sites (tertiary alicyclic amines) is 1. The highest BCUT2D eigenvalue weighted by atomic mass is 32.2. The highest BCUT2D eigenvalue weighted by Gasteiger charge is 2.67. The maximum atomic E-state index is 13.3. The molecule has 2 heterocycles. The van der Waals surface area contributed by atoms with E-state index in [1.807, 2.05) is 6.07 Å². The summed E-state index contributed by atoms with van der Waals surface area (Å²) < 4.78 is 33.5. The van der Waals surface area contributed by atoms with Gasteiger partial charge in [-0.15, -0.1) is 0 Å². The van der Waals surface area contributed by atoms with Gasteiger partial charge in [0.15, 0.2) is 0 Å². The van der Waals surface area contributed by atoms with Crippen LogP contribution in [0.5, 0.6) is 0 Å². The van der Waals surface area contributed by atoms with Crippen LogP contribution in [-0.4, -0.2) is 83.0 Å². The van der Waals surface area contributed by atoms with E-state index in [2.05, 4.69) is 0 Å². The first kappa shape index (κ1) is 26.9. The van der Waals surface area contributed by atoms with Gasteiger partial charge in [-0.05, 0) is 30.0 Å². The summed E-state index contributed by atoms with van der Waals surface area (Å²) in [5, 5.41) is 22.0. The Morgan fingerprint density at radius 3 is 2.18 bits per heavy atom. The number of nitrogens with zero attached hydrogens (tertiary/aromatic N) is 2. The van der Waals surface area contributed by atoms with Crippen molar-refractivity contribution in [1.29, 1.82) is 0 Å². The van der Waals surface area contributed by atoms with Crippen LogP contribution in [0.3, 0.4) is 0 Å². The molecular formula is C26H26N2O10S. The molecule has 1 saturated carbocycles. The van der Waals surface area contributed by atoms with Gasteiger partial charge < -0.3 is 14.9 Å². The lowest BCUT2D eigenvalue weighted by molar-refractivity contribution is -0.304. The van der Waals surface area contributed by atoms with E-state index < -0.39 is 70.2 Å². The van der Waals surface area contributed by atoms with E-state index in [0.29, 0.717) is 9.80 Å². The molecule has 0 spiro atoms. The minimum atomic E-state index is -4.02. The lowest BCUT2D eigenvalue weighted by Gasteiger charge is -2.53. The number of carbonyl (C=O) groups excluding carboxylic acids is 4. The highest BCUT2D eigenvalue weighted by Crippen LogP contribution is 2.51. The van der Waals surface area contributed by atoms with Crippen LogP contribution >= 0.6 is 0 Å². The average molecular weight is 559 g/mol. The Morgan fingerprint density at radius 1 is 1.00 bits per heavy atom. The third-order valence-corrected chi connectivity index (χ3v) is 7.75. The van der Waals surface area contributed by atoms with Crippen LogP contribution in [0.1, 0.15) is 39.1 Å². The lowest BCUT2D eigenvalue weighted by atomic mass is 9.91. The molecule has 2 fully saturated rings. The summed E-state index contributed by atoms with van der Waals surface area (Å²) in [6.07, 6.45) is 0.821. The molecule has 0 aromatic heterocycles. The summed E-state index contributed by atoms with van der Waals surface area (Å²) in [6.45, 7) is -0.667. The Balaban J connectivity index is 1.29. The predicted molar refractivity (Wildman–Crippen MR) is 132 cm³/mol. The minimum absolute atomic E-state index is 0.0535. The summed E-state index contributed by atoms with van der Waals surface area (Å²) in [4.78, 5) is 52.8. The van der Waals surface area contributed by atoms with Crippen molar-refractivity contribution in [2.24, 2.45) is 11.8 Å². The van der Waals surface area contributed by atoms with E-state index in [1.165, 1.54) is 12.1 Å². The largest absolute Gasteiger partial charge is 0.461 e. The van der Waals surface area contributed by atoms with Crippen molar-refractivity contribution >= 4 is 33.8 Å². The third kappa shape index (κ3) is 5.05. The quantitative estimate of drug-likeness (QED) is 0.136. The number of ether oxygens (including phenoxy) is 1. The molecule has 0 bridgehead atoms. The van der Waals surface area contributed by atoms with Crippen LogP contribution in [-0.2, 0) is 35.2 Å². The molecule has 2 aliphatic heterocycles. The van der Waals surface area contributed by atoms with E-state index in [4.69, 9.17) is 8.92 Å². The molecule has 1 aliphatic carbocycles. The monoisotopic (exact) mass is 558 g/mol. The number of amides is 3. The summed E-state index contributed by atoms with van der Waals surface area (Å²) in [5.41, 5.74) is 0.940. The van der Waals surface area contributed by atoms with Crippen LogP contribution in [0.2, 0.25) is 0 Å². The molecule has 13 heteroatoms. The van der Waals surface area contributed by atoms with Crippen LogP contribution in [0.25, 0.3) is 0 Å². The molecule has 4 atom stereocenters. The number of carbonyl (C=O) groups is 4. The van der Waals surface area contributed by atoms with Crippen LogP contribution in [0.15, 0.2) is 54.6 Å². The molecule has 2 aromatic rings. The SMILES string of the molecule is CS(=O)(=O)OC[C@@H]1[C@H](N2C(=O)c3ccccc3C2=O)C(=O)N1C(O)(O)C1CC1CC(=O)OCc1ccccc1. The third-order valence-electron chi connectivity index (χ3n) is 7.19. The fraction of sp³-hybridized carbons (Fsp3) is 0.385. The summed E-state index contributed by atoms with van der Waals surface area (Å²) in [7, 11) is -4.02. The van der Waals surface area contributed by atoms with Crippen LogP contribution in [0.4, 0.5) is 0 Å². The normalized spacial score (nSPS) is 24.4. The van der Waals surface area contributed by atoms with Gasteiger partial charge in [-0.2, -0.15) is 8.42 Å². The molecule has 1 saturated heterocycles. The van der Waals surface area contributed by atoms with Gasteiger partial charge in [0.05, 0.1) is 30.0 Å². The Bertz CT molecular complexity index is 1410. The molecule has 12 nitrogen and oxygen atoms in total. The number of β-lactam (4-membered cyclic amide) rings is 1. The molecule has 0 radical (unpaired) electrons. The zero-order valence-electron chi connectivity index (χ0n) is 20.8. The van der Waals surface area contributed by atoms with Gasteiger partial charge in [0.25, 0.3) is 33.8 Å². The Morgan fingerprint density at radius 2 is 1.59 bits per heavy atom. The molecular weight excluding hydrogens is 532 g/mol. The zero-order valence-corrected chi connectivity index (χ0v) is 21.6. The van der Waals surface area contributed by atoms with Crippen molar-refractivity contribution in [3.05, 3.63) is 71.3 Å². The van der Waals surface area contributed by atoms with Crippen molar-refractivity contribution in [2.75, 3.05) is 12.9 Å². The molecule has 2 unspecified atom stereocenters. The molecule has 3 amide bonds. The van der Waals surface area contributed by atoms with Gasteiger partial charge in [-0.1, -0.05) is 42.5 Å². The van der Waals surface area contributed by atoms with Gasteiger partial charge in [0.2, 0.25) is 0 Å². The van der Waals surface area contributed by atoms with Gasteiger partial charge in [-0.3, -0.25) is 33.2 Å². The fourth-order valence-electron chi connectivity index (χ4n) is 5.18. The first-order valence-electron chi connectivity index (χ1n) is 12.2. The molecule has 206 valence electrons. The minimum Gasteiger partial charge on any atom is -0.461 e. The number of hydrogen-bond acceptors (Lipinski definition) is 10. The Labute approximate surface area is 223 Å². The smallest absolute Gasteiger partial charge is 0.306 e. The molecule has 3 aliphatic rings. The first-order valence-corrected chi connectivity index (χ1v) is 14.0. The maximum absolute atomic E-state index is 13.3. The topological polar surface area (TPSA) is 168 Å². The standard InChI is InChI=1S/C26H26N2O10S/c1-39(35,36)38-14-20-22(27-23(30)17-9-5-6-10-18(17)24(27)31)25(32)28(20)26(33,34)19-11-16(19)12-21(29)37-13-15-7-3-2-4-8-15/h2-10,16,19-20,22,33-34H,11-14H2,1H3/t16?,19?,20-,22+/m1/s1. The lowest BCUT2D eigenvalue weighted by Crippen LogP contribution is -2.79. The fourth-order valence-corrected chi connectivity index (χ4v) is 5.56. The van der Waals surface area contributed by atoms with E-state index >= 15 is 0 Å². The van der Waals surface area contributed by atoms with Gasteiger partial charge in [0.1, 0.15) is 12.6 Å². The highest BCUT2D eigenvalue weighted by molar-refractivity contribution is 7.85. The van der Waals surface area contributed by atoms with E-state index in [-0.39, 0.29) is 30.6 Å². The van der Waals surface area contributed by atoms with Gasteiger partial charge in [-0.25, -0.2) is 0 Å². The van der Waals surface area contributed by atoms with Crippen molar-refractivity contribution in [3.8, 4) is 0 Å². The average Bonchev–Trinajstić information content (AvgIpc) is 3.62. The Hall–Kier alpha value is -3.65. The second-order valence-corrected chi connectivity index (χ2v) is 11.5. The number of rotatable bonds is 10. The molecule has 2 N–H and O–H groups in total. The number of aliphatic hydroxyl groups is 2. The Kier molecular flexibility index (Phi) is 6.79. The molecule has 2 aromatic carbocycles. The van der Waals surface area contributed by atoms with E-state index in [1.54, 1.807) is 36.4 Å². The number of hydrogen-bond donors (Lipinski definition) is 2. The van der Waals surface area contributed by atoms with E-state index in [0.717, 1.165) is 11.8 Å². The maximum Gasteiger partial charge on any atom is 0.306 e. The number of esters is 1. The molecule has 39 heavy (non-hydrogen) atoms. The number of fused-ring (bicyclic) bond motifs is 1. The second kappa shape index (κ2) is 9.83. The summed E-state index contributed by atoms with van der Waals surface area (Å²) >= 11 is 0. The van der Waals surface area contributed by atoms with Crippen molar-refractivity contribution < 1.29 is 46.7 Å². The number of benzene rings is 2. The summed E-state index contributed by atoms with van der Waals surface area (Å²) in [5.74, 6) is -7.30. The number of imide groups is 1. The van der Waals surface area contributed by atoms with E-state index in [9.17, 15) is 37.8 Å². The molecule has 5 rings (SSSR count). The first-order chi connectivity index (χ1) is 18.4. The van der Waals surface area contributed by atoms with Gasteiger partial charge in [0, 0.05) is 12.3 Å². The predicted octanol–water partition coefficient (Wildman–Crippen LogP) is 0.246. The van der Waals surface area contributed by atoms with Crippen molar-refractivity contribution in [1.82, 2.24) is 9.80 Å². The van der Waals surface area contributed by atoms with Crippen molar-refractivity contribution in [2.45, 2.75) is 37.4 Å². The van der Waals surface area contributed by atoms with Crippen molar-refractivity contribution in [3.63, 3.8) is 0 Å². The second-order valence-electron chi connectivity index (χ2n) is 9.87. The van der Waals surface area contributed by atoms with Crippen LogP contribution < -0.4 is 0 Å². The summed E-state index contributed by atoms with van der Waals surface area (Å²) in [6, 6.07) is 12.1. The van der Waals surface area contributed by atoms with Gasteiger partial charge >= 0.3 is 5.97 Å². The zero-order chi connectivity index (χ0) is 28.1. The van der Waals surface area contributed by atoms with Crippen LogP contribution in [0, 0.1) is 11.8 Å².